The van der Waals surface area contributed by atoms with Crippen molar-refractivity contribution >= 4 is 17.5 Å². The molecule has 0 spiro atoms. The Kier molecular flexibility index (Phi) is 8.34. The van der Waals surface area contributed by atoms with Gasteiger partial charge >= 0.3 is 5.97 Å². The van der Waals surface area contributed by atoms with Gasteiger partial charge < -0.3 is 9.47 Å². The number of Topliss-reactive ketones (excluding diaryl/α,β-unsaturated/α-hetero) is 2. The van der Waals surface area contributed by atoms with Crippen molar-refractivity contribution in [1.29, 1.82) is 0 Å². The molecule has 0 aliphatic rings. The van der Waals surface area contributed by atoms with Gasteiger partial charge in [-0.15, -0.1) is 0 Å². The van der Waals surface area contributed by atoms with Crippen molar-refractivity contribution in [2.75, 3.05) is 19.8 Å². The molecule has 0 rings (SSSR count). The van der Waals surface area contributed by atoms with Crippen molar-refractivity contribution in [2.45, 2.75) is 33.1 Å². The number of ketones is 2. The molecule has 92 valence electrons. The minimum atomic E-state index is -0.954. The summed E-state index contributed by atoms with van der Waals surface area (Å²) in [6, 6.07) is 0. The zero-order chi connectivity index (χ0) is 12.4. The van der Waals surface area contributed by atoms with Crippen LogP contribution in [0, 0.1) is 0 Å². The van der Waals surface area contributed by atoms with Crippen molar-refractivity contribution in [3.8, 4) is 0 Å². The summed E-state index contributed by atoms with van der Waals surface area (Å²) in [5.41, 5.74) is 0. The number of carbonyl (C=O) groups is 3. The number of hydrogen-bond donors (Lipinski definition) is 0. The van der Waals surface area contributed by atoms with Crippen molar-refractivity contribution in [1.82, 2.24) is 0 Å². The van der Waals surface area contributed by atoms with E-state index in [2.05, 4.69) is 4.74 Å². The SMILES string of the molecule is CCCCOCC(=O)CC(=O)C(=O)OCC. The van der Waals surface area contributed by atoms with Crippen molar-refractivity contribution in [2.24, 2.45) is 0 Å². The van der Waals surface area contributed by atoms with Gasteiger partial charge in [0.25, 0.3) is 0 Å². The normalized spacial score (nSPS) is 9.88. The molecule has 0 aromatic carbocycles. The summed E-state index contributed by atoms with van der Waals surface area (Å²) < 4.78 is 9.49. The summed E-state index contributed by atoms with van der Waals surface area (Å²) in [7, 11) is 0. The summed E-state index contributed by atoms with van der Waals surface area (Å²) in [5.74, 6) is -2.16. The highest BCUT2D eigenvalue weighted by atomic mass is 16.5. The molecule has 0 unspecified atom stereocenters. The van der Waals surface area contributed by atoms with Crippen LogP contribution in [0.3, 0.4) is 0 Å². The topological polar surface area (TPSA) is 69.7 Å². The molecule has 0 amide bonds. The third kappa shape index (κ3) is 7.11. The van der Waals surface area contributed by atoms with E-state index < -0.39 is 24.0 Å². The minimum absolute atomic E-state index is 0.120. The van der Waals surface area contributed by atoms with Gasteiger partial charge in [0.1, 0.15) is 6.61 Å². The van der Waals surface area contributed by atoms with Crippen LogP contribution in [0.1, 0.15) is 33.1 Å². The van der Waals surface area contributed by atoms with Gasteiger partial charge in [0.2, 0.25) is 5.78 Å². The second kappa shape index (κ2) is 9.03. The highest BCUT2D eigenvalue weighted by Crippen LogP contribution is 1.93. The Labute approximate surface area is 95.1 Å². The van der Waals surface area contributed by atoms with E-state index in [9.17, 15) is 14.4 Å². The highest BCUT2D eigenvalue weighted by molar-refractivity contribution is 6.37. The molecular weight excluding hydrogens is 212 g/mol. The van der Waals surface area contributed by atoms with Crippen molar-refractivity contribution in [3.63, 3.8) is 0 Å². The average Bonchev–Trinajstić information content (AvgIpc) is 2.24. The number of hydrogen-bond acceptors (Lipinski definition) is 5. The van der Waals surface area contributed by atoms with E-state index in [1.54, 1.807) is 6.92 Å². The van der Waals surface area contributed by atoms with Gasteiger partial charge in [0.05, 0.1) is 13.0 Å². The maximum Gasteiger partial charge on any atom is 0.375 e. The number of unbranched alkanes of at least 4 members (excludes halogenated alkanes) is 1. The Morgan fingerprint density at radius 2 is 1.81 bits per heavy atom. The molecule has 5 nitrogen and oxygen atoms in total. The third-order valence-corrected chi connectivity index (χ3v) is 1.77. The molecule has 0 bridgehead atoms. The van der Waals surface area contributed by atoms with Crippen LogP contribution in [-0.4, -0.2) is 37.4 Å². The zero-order valence-electron chi connectivity index (χ0n) is 9.78. The fraction of sp³-hybridized carbons (Fsp3) is 0.727. The van der Waals surface area contributed by atoms with Crippen LogP contribution in [0.2, 0.25) is 0 Å². The number of carbonyl (C=O) groups excluding carboxylic acids is 3. The molecule has 5 heteroatoms. The monoisotopic (exact) mass is 230 g/mol. The molecule has 0 aliphatic heterocycles. The van der Waals surface area contributed by atoms with E-state index in [0.717, 1.165) is 12.8 Å². The minimum Gasteiger partial charge on any atom is -0.460 e. The number of rotatable bonds is 9. The van der Waals surface area contributed by atoms with Crippen LogP contribution in [0.25, 0.3) is 0 Å². The van der Waals surface area contributed by atoms with Gasteiger partial charge in [-0.25, -0.2) is 4.79 Å². The first-order valence-electron chi connectivity index (χ1n) is 5.41. The molecule has 16 heavy (non-hydrogen) atoms. The Morgan fingerprint density at radius 1 is 1.12 bits per heavy atom. The standard InChI is InChI=1S/C11H18O5/c1-3-5-6-15-8-9(12)7-10(13)11(14)16-4-2/h3-8H2,1-2H3. The fourth-order valence-electron chi connectivity index (χ4n) is 0.946. The molecular formula is C11H18O5. The van der Waals surface area contributed by atoms with Crippen LogP contribution >= 0.6 is 0 Å². The molecule has 0 heterocycles. The van der Waals surface area contributed by atoms with Gasteiger partial charge in [-0.3, -0.25) is 9.59 Å². The van der Waals surface area contributed by atoms with Gasteiger partial charge in [0.15, 0.2) is 5.78 Å². The lowest BCUT2D eigenvalue weighted by Gasteiger charge is -2.02. The van der Waals surface area contributed by atoms with E-state index in [1.165, 1.54) is 0 Å². The van der Waals surface area contributed by atoms with Gasteiger partial charge in [-0.05, 0) is 13.3 Å². The van der Waals surface area contributed by atoms with Crippen LogP contribution in [0.15, 0.2) is 0 Å². The molecule has 0 aromatic heterocycles. The highest BCUT2D eigenvalue weighted by Gasteiger charge is 2.18. The van der Waals surface area contributed by atoms with Gasteiger partial charge in [-0.1, -0.05) is 13.3 Å². The second-order valence-corrected chi connectivity index (χ2v) is 3.27. The lowest BCUT2D eigenvalue weighted by atomic mass is 10.2. The predicted molar refractivity (Wildman–Crippen MR) is 57.0 cm³/mol. The lowest BCUT2D eigenvalue weighted by molar-refractivity contribution is -0.154. The largest absolute Gasteiger partial charge is 0.460 e. The van der Waals surface area contributed by atoms with Crippen LogP contribution in [-0.2, 0) is 23.9 Å². The molecule has 0 atom stereocenters. The molecule has 0 fully saturated rings. The van der Waals surface area contributed by atoms with E-state index in [-0.39, 0.29) is 13.2 Å². The third-order valence-electron chi connectivity index (χ3n) is 1.77. The Hall–Kier alpha value is -1.23. The van der Waals surface area contributed by atoms with E-state index in [0.29, 0.717) is 6.61 Å². The molecule has 0 aliphatic carbocycles. The van der Waals surface area contributed by atoms with Crippen LogP contribution < -0.4 is 0 Å². The van der Waals surface area contributed by atoms with Crippen molar-refractivity contribution in [3.05, 3.63) is 0 Å². The van der Waals surface area contributed by atoms with Gasteiger partial charge in [0, 0.05) is 6.61 Å². The summed E-state index contributed by atoms with van der Waals surface area (Å²) in [5, 5.41) is 0. The number of esters is 1. The second-order valence-electron chi connectivity index (χ2n) is 3.27. The first-order valence-corrected chi connectivity index (χ1v) is 5.41. The van der Waals surface area contributed by atoms with E-state index in [1.807, 2.05) is 6.92 Å². The van der Waals surface area contributed by atoms with Crippen molar-refractivity contribution < 1.29 is 23.9 Å². The Morgan fingerprint density at radius 3 is 2.38 bits per heavy atom. The summed E-state index contributed by atoms with van der Waals surface area (Å²) in [6.45, 7) is 4.11. The Balaban J connectivity index is 3.70. The molecule has 0 saturated carbocycles. The van der Waals surface area contributed by atoms with E-state index >= 15 is 0 Å². The quantitative estimate of drug-likeness (QED) is 0.255. The summed E-state index contributed by atoms with van der Waals surface area (Å²) in [4.78, 5) is 33.1. The number of ether oxygens (including phenoxy) is 2. The maximum absolute atomic E-state index is 11.2. The molecule has 0 radical (unpaired) electrons. The van der Waals surface area contributed by atoms with Crippen LogP contribution in [0.4, 0.5) is 0 Å². The fourth-order valence-corrected chi connectivity index (χ4v) is 0.946. The summed E-state index contributed by atoms with van der Waals surface area (Å²) in [6.07, 6.45) is 1.42. The summed E-state index contributed by atoms with van der Waals surface area (Å²) >= 11 is 0. The first-order chi connectivity index (χ1) is 7.61. The smallest absolute Gasteiger partial charge is 0.375 e. The zero-order valence-corrected chi connectivity index (χ0v) is 9.78. The molecule has 0 aromatic rings. The first kappa shape index (κ1) is 14.8. The van der Waals surface area contributed by atoms with E-state index in [4.69, 9.17) is 4.74 Å². The van der Waals surface area contributed by atoms with Crippen LogP contribution in [0.5, 0.6) is 0 Å². The maximum atomic E-state index is 11.2. The van der Waals surface area contributed by atoms with Gasteiger partial charge in [-0.2, -0.15) is 0 Å². The lowest BCUT2D eigenvalue weighted by Crippen LogP contribution is -2.22. The Bertz CT molecular complexity index is 247. The molecule has 0 N–H and O–H groups in total. The predicted octanol–water partition coefficient (Wildman–Crippen LogP) is 0.894. The average molecular weight is 230 g/mol. The molecule has 0 saturated heterocycles.